The number of nitrogens with one attached hydrogen (secondary N) is 1. The van der Waals surface area contributed by atoms with Crippen molar-refractivity contribution in [3.05, 3.63) is 41.7 Å². The molecule has 1 aliphatic carbocycles. The first-order valence-electron chi connectivity index (χ1n) is 11.2. The number of fused-ring (bicyclic) bond motifs is 5. The van der Waals surface area contributed by atoms with Crippen molar-refractivity contribution in [1.82, 2.24) is 9.88 Å². The zero-order valence-electron chi connectivity index (χ0n) is 18.9. The summed E-state index contributed by atoms with van der Waals surface area (Å²) in [5.41, 5.74) is 0.326. The van der Waals surface area contributed by atoms with Crippen LogP contribution in [0, 0.1) is 10.8 Å². The first-order valence-corrected chi connectivity index (χ1v) is 11.2. The van der Waals surface area contributed by atoms with Crippen molar-refractivity contribution >= 4 is 34.3 Å². The van der Waals surface area contributed by atoms with Crippen LogP contribution in [-0.4, -0.2) is 46.5 Å². The molecule has 1 saturated heterocycles. The molecule has 0 spiro atoms. The zero-order valence-corrected chi connectivity index (χ0v) is 18.9. The Hall–Kier alpha value is -3.09. The Labute approximate surface area is 186 Å². The highest BCUT2D eigenvalue weighted by atomic mass is 16.6. The molecule has 0 radical (unpaired) electrons. The van der Waals surface area contributed by atoms with Crippen molar-refractivity contribution < 1.29 is 23.9 Å². The lowest BCUT2D eigenvalue weighted by molar-refractivity contribution is -0.172. The molecule has 2 fully saturated rings. The molecule has 2 aliphatic heterocycles. The molecule has 3 heterocycles. The van der Waals surface area contributed by atoms with Crippen LogP contribution in [0.5, 0.6) is 0 Å². The van der Waals surface area contributed by atoms with Crippen LogP contribution in [0.2, 0.25) is 0 Å². The van der Waals surface area contributed by atoms with Gasteiger partial charge in [0.25, 0.3) is 5.91 Å². The third-order valence-corrected chi connectivity index (χ3v) is 8.16. The van der Waals surface area contributed by atoms with Crippen molar-refractivity contribution in [2.45, 2.75) is 52.6 Å². The maximum absolute atomic E-state index is 13.9. The summed E-state index contributed by atoms with van der Waals surface area (Å²) < 4.78 is 11.1. The Balaban J connectivity index is 1.60. The fraction of sp³-hybridized carbons (Fsp3) is 0.480. The molecule has 7 nitrogen and oxygen atoms in total. The molecule has 1 aromatic carbocycles. The van der Waals surface area contributed by atoms with E-state index < -0.39 is 22.4 Å². The number of carbonyl (C=O) groups is 3. The predicted octanol–water partition coefficient (Wildman–Crippen LogP) is 3.58. The minimum absolute atomic E-state index is 0.229. The fourth-order valence-corrected chi connectivity index (χ4v) is 5.68. The van der Waals surface area contributed by atoms with Crippen molar-refractivity contribution in [2.24, 2.45) is 10.8 Å². The average Bonchev–Trinajstić information content (AvgIpc) is 3.20. The quantitative estimate of drug-likeness (QED) is 0.743. The highest BCUT2D eigenvalue weighted by Crippen LogP contribution is 2.66. The van der Waals surface area contributed by atoms with E-state index in [4.69, 9.17) is 9.47 Å². The van der Waals surface area contributed by atoms with Gasteiger partial charge in [0.05, 0.1) is 23.3 Å². The van der Waals surface area contributed by atoms with E-state index in [-0.39, 0.29) is 18.5 Å². The lowest BCUT2D eigenvalue weighted by Gasteiger charge is -2.38. The van der Waals surface area contributed by atoms with Gasteiger partial charge in [0, 0.05) is 29.1 Å². The summed E-state index contributed by atoms with van der Waals surface area (Å²) in [6.45, 7) is 8.12. The summed E-state index contributed by atoms with van der Waals surface area (Å²) in [6, 6.07) is 7.87. The predicted molar refractivity (Wildman–Crippen MR) is 118 cm³/mol. The molecule has 1 amide bonds. The zero-order chi connectivity index (χ0) is 22.9. The van der Waals surface area contributed by atoms with E-state index in [1.165, 1.54) is 0 Å². The topological polar surface area (TPSA) is 88.7 Å². The van der Waals surface area contributed by atoms with Crippen LogP contribution in [0.1, 0.15) is 51.8 Å². The number of rotatable bonds is 3. The van der Waals surface area contributed by atoms with Crippen LogP contribution in [0.25, 0.3) is 16.5 Å². The Morgan fingerprint density at radius 1 is 1.19 bits per heavy atom. The van der Waals surface area contributed by atoms with Gasteiger partial charge in [-0.1, -0.05) is 32.0 Å². The largest absolute Gasteiger partial charge is 0.462 e. The molecular weight excluding hydrogens is 408 g/mol. The van der Waals surface area contributed by atoms with Gasteiger partial charge in [-0.25, -0.2) is 4.79 Å². The Morgan fingerprint density at radius 3 is 2.59 bits per heavy atom. The molecule has 1 aromatic heterocycles. The number of hydrogen-bond donors (Lipinski definition) is 1. The van der Waals surface area contributed by atoms with Crippen LogP contribution >= 0.6 is 0 Å². The summed E-state index contributed by atoms with van der Waals surface area (Å²) in [5.74, 6) is -1.08. The molecule has 5 rings (SSSR count). The van der Waals surface area contributed by atoms with Gasteiger partial charge in [-0.3, -0.25) is 9.59 Å². The van der Waals surface area contributed by atoms with Crippen LogP contribution in [0.3, 0.4) is 0 Å². The molecule has 1 saturated carbocycles. The monoisotopic (exact) mass is 436 g/mol. The molecule has 3 aliphatic rings. The number of ether oxygens (including phenoxy) is 2. The second kappa shape index (κ2) is 6.70. The summed E-state index contributed by atoms with van der Waals surface area (Å²) >= 11 is 0. The standard InChI is InChI=1S/C25H28N2O5/c1-5-31-20(28)17-14-27(13-10-16-15-8-6-7-9-18(15)26-19(16)17)21(29)25-12-11-24(4,22(30)32-25)23(25,2)3/h6-9,14,26H,5,10-13H2,1-4H3. The molecule has 2 atom stereocenters. The fourth-order valence-electron chi connectivity index (χ4n) is 5.68. The highest BCUT2D eigenvalue weighted by Gasteiger charge is 2.76. The van der Waals surface area contributed by atoms with Crippen LogP contribution in [0.15, 0.2) is 30.5 Å². The summed E-state index contributed by atoms with van der Waals surface area (Å²) in [4.78, 5) is 44.5. The Bertz CT molecular complexity index is 1190. The third kappa shape index (κ3) is 2.45. The maximum atomic E-state index is 13.9. The SMILES string of the molecule is CCOC(=O)C1=CN(C(=O)C23CCC(C)(C(=O)O2)C3(C)C)CCc2c1[nH]c1ccccc21. The summed E-state index contributed by atoms with van der Waals surface area (Å²) in [5, 5.41) is 1.02. The first-order chi connectivity index (χ1) is 15.2. The molecular formula is C25H28N2O5. The summed E-state index contributed by atoms with van der Waals surface area (Å²) in [7, 11) is 0. The van der Waals surface area contributed by atoms with Crippen LogP contribution < -0.4 is 0 Å². The number of aromatic nitrogens is 1. The second-order valence-electron chi connectivity index (χ2n) is 9.71. The Kier molecular flexibility index (Phi) is 4.36. The Morgan fingerprint density at radius 2 is 1.94 bits per heavy atom. The third-order valence-electron chi connectivity index (χ3n) is 8.16. The smallest absolute Gasteiger partial charge is 0.341 e. The van der Waals surface area contributed by atoms with E-state index in [2.05, 4.69) is 4.98 Å². The van der Waals surface area contributed by atoms with Crippen molar-refractivity contribution in [3.63, 3.8) is 0 Å². The number of aromatic amines is 1. The van der Waals surface area contributed by atoms with Crippen molar-refractivity contribution in [1.29, 1.82) is 0 Å². The highest BCUT2D eigenvalue weighted by molar-refractivity contribution is 6.18. The maximum Gasteiger partial charge on any atom is 0.341 e. The van der Waals surface area contributed by atoms with Gasteiger partial charge < -0.3 is 19.4 Å². The number of nitrogens with zero attached hydrogens (tertiary/aromatic N) is 1. The van der Waals surface area contributed by atoms with Gasteiger partial charge in [-0.15, -0.1) is 0 Å². The van der Waals surface area contributed by atoms with Gasteiger partial charge in [0.15, 0.2) is 5.60 Å². The van der Waals surface area contributed by atoms with Gasteiger partial charge in [-0.2, -0.15) is 0 Å². The molecule has 168 valence electrons. The molecule has 2 aromatic rings. The molecule has 2 bridgehead atoms. The van der Waals surface area contributed by atoms with Gasteiger partial charge in [-0.05, 0) is 44.7 Å². The second-order valence-corrected chi connectivity index (χ2v) is 9.71. The van der Waals surface area contributed by atoms with E-state index in [9.17, 15) is 14.4 Å². The number of benzene rings is 1. The van der Waals surface area contributed by atoms with E-state index >= 15 is 0 Å². The normalized spacial score (nSPS) is 28.2. The number of esters is 2. The first kappa shape index (κ1) is 20.8. The molecule has 7 heteroatoms. The van der Waals surface area contributed by atoms with E-state index in [0.29, 0.717) is 37.1 Å². The lowest BCUT2D eigenvalue weighted by Crippen LogP contribution is -2.53. The summed E-state index contributed by atoms with van der Waals surface area (Å²) in [6.07, 6.45) is 3.23. The van der Waals surface area contributed by atoms with Crippen molar-refractivity contribution in [2.75, 3.05) is 13.2 Å². The molecule has 32 heavy (non-hydrogen) atoms. The number of H-pyrrole nitrogens is 1. The number of hydrogen-bond acceptors (Lipinski definition) is 5. The molecule has 1 N–H and O–H groups in total. The van der Waals surface area contributed by atoms with Crippen LogP contribution in [-0.2, 0) is 30.3 Å². The number of amides is 1. The van der Waals surface area contributed by atoms with Gasteiger partial charge in [0.1, 0.15) is 0 Å². The van der Waals surface area contributed by atoms with Gasteiger partial charge in [0.2, 0.25) is 0 Å². The van der Waals surface area contributed by atoms with E-state index in [1.807, 2.05) is 45.0 Å². The van der Waals surface area contributed by atoms with E-state index in [1.54, 1.807) is 18.0 Å². The minimum atomic E-state index is -1.23. The number of carbonyl (C=O) groups excluding carboxylic acids is 3. The lowest BCUT2D eigenvalue weighted by atomic mass is 9.66. The number of para-hydroxylation sites is 1. The van der Waals surface area contributed by atoms with Crippen molar-refractivity contribution in [3.8, 4) is 0 Å². The van der Waals surface area contributed by atoms with Crippen LogP contribution in [0.4, 0.5) is 0 Å². The van der Waals surface area contributed by atoms with E-state index in [0.717, 1.165) is 16.5 Å². The van der Waals surface area contributed by atoms with Gasteiger partial charge >= 0.3 is 11.9 Å². The molecule has 2 unspecified atom stereocenters. The minimum Gasteiger partial charge on any atom is -0.462 e. The average molecular weight is 437 g/mol.